The van der Waals surface area contributed by atoms with Crippen molar-refractivity contribution in [3.05, 3.63) is 12.2 Å². The smallest absolute Gasteiger partial charge is 0.324 e. The van der Waals surface area contributed by atoms with Gasteiger partial charge in [0.2, 0.25) is 5.91 Å². The Bertz CT molecular complexity index is 200. The molecule has 0 fully saturated rings. The van der Waals surface area contributed by atoms with Gasteiger partial charge in [0.1, 0.15) is 6.04 Å². The zero-order valence-electron chi connectivity index (χ0n) is 5.91. The Kier molecular flexibility index (Phi) is 3.26. The molecule has 0 saturated heterocycles. The summed E-state index contributed by atoms with van der Waals surface area (Å²) in [6.07, 6.45) is -0.187. The van der Waals surface area contributed by atoms with Gasteiger partial charge in [0.05, 0.1) is 0 Å². The topological polar surface area (TPSA) is 106 Å². The molecule has 11 heavy (non-hydrogen) atoms. The molecule has 0 bridgehead atoms. The molecule has 0 spiro atoms. The number of aliphatic carboxylic acids is 1. The molecule has 0 aliphatic carbocycles. The number of hydrogen-bond donors (Lipinski definition) is 3. The van der Waals surface area contributed by atoms with Crippen molar-refractivity contribution >= 4 is 11.9 Å². The third kappa shape index (κ3) is 3.36. The molecule has 0 radical (unpaired) electrons. The van der Waals surface area contributed by atoms with E-state index in [0.717, 1.165) is 0 Å². The van der Waals surface area contributed by atoms with Crippen molar-refractivity contribution in [2.24, 2.45) is 11.5 Å². The van der Waals surface area contributed by atoms with Gasteiger partial charge in [-0.2, -0.15) is 0 Å². The minimum Gasteiger partial charge on any atom is -0.480 e. The maximum Gasteiger partial charge on any atom is 0.324 e. The molecular formula is C6H10N2O3. The summed E-state index contributed by atoms with van der Waals surface area (Å²) in [5.41, 5.74) is 10.0. The van der Waals surface area contributed by atoms with Gasteiger partial charge >= 0.3 is 5.97 Å². The van der Waals surface area contributed by atoms with Crippen molar-refractivity contribution in [3.8, 4) is 0 Å². The lowest BCUT2D eigenvalue weighted by molar-refractivity contribution is -0.137. The summed E-state index contributed by atoms with van der Waals surface area (Å²) in [6, 6.07) is -1.21. The van der Waals surface area contributed by atoms with Crippen LogP contribution in [0.25, 0.3) is 0 Å². The number of carboxylic acids is 1. The maximum absolute atomic E-state index is 10.2. The first-order valence-corrected chi connectivity index (χ1v) is 2.89. The number of primary amides is 1. The van der Waals surface area contributed by atoms with Crippen LogP contribution in [0.5, 0.6) is 0 Å². The van der Waals surface area contributed by atoms with Crippen LogP contribution in [0.3, 0.4) is 0 Å². The van der Waals surface area contributed by atoms with E-state index in [1.165, 1.54) is 0 Å². The summed E-state index contributed by atoms with van der Waals surface area (Å²) >= 11 is 0. The van der Waals surface area contributed by atoms with E-state index in [-0.39, 0.29) is 12.0 Å². The molecular weight excluding hydrogens is 148 g/mol. The van der Waals surface area contributed by atoms with E-state index in [1.54, 1.807) is 0 Å². The van der Waals surface area contributed by atoms with Crippen LogP contribution in [-0.4, -0.2) is 23.0 Å². The number of hydrogen-bond acceptors (Lipinski definition) is 3. The third-order valence-corrected chi connectivity index (χ3v) is 1.11. The first-order valence-electron chi connectivity index (χ1n) is 2.89. The molecule has 0 aromatic carbocycles. The fraction of sp³-hybridized carbons (Fsp3) is 0.333. The normalized spacial score (nSPS) is 12.1. The molecule has 5 N–H and O–H groups in total. The van der Waals surface area contributed by atoms with Gasteiger partial charge in [-0.1, -0.05) is 6.58 Å². The Hall–Kier alpha value is -1.36. The Balaban J connectivity index is 4.04. The van der Waals surface area contributed by atoms with Crippen LogP contribution in [0.1, 0.15) is 6.42 Å². The average molecular weight is 158 g/mol. The molecule has 1 unspecified atom stereocenters. The van der Waals surface area contributed by atoms with Crippen molar-refractivity contribution in [2.75, 3.05) is 0 Å². The molecule has 0 aromatic heterocycles. The minimum absolute atomic E-state index is 0.116. The van der Waals surface area contributed by atoms with Crippen molar-refractivity contribution in [2.45, 2.75) is 12.5 Å². The van der Waals surface area contributed by atoms with Crippen molar-refractivity contribution < 1.29 is 14.7 Å². The van der Waals surface area contributed by atoms with Crippen LogP contribution in [0, 0.1) is 0 Å². The predicted octanol–water partition coefficient (Wildman–Crippen LogP) is -1.17. The van der Waals surface area contributed by atoms with E-state index < -0.39 is 17.9 Å². The van der Waals surface area contributed by atoms with Gasteiger partial charge in [-0.15, -0.1) is 0 Å². The molecule has 1 atom stereocenters. The summed E-state index contributed by atoms with van der Waals surface area (Å²) < 4.78 is 0. The lowest BCUT2D eigenvalue weighted by Gasteiger charge is -2.06. The summed E-state index contributed by atoms with van der Waals surface area (Å²) in [5, 5.41) is 8.33. The second kappa shape index (κ2) is 3.72. The van der Waals surface area contributed by atoms with E-state index in [9.17, 15) is 9.59 Å². The quantitative estimate of drug-likeness (QED) is 0.448. The van der Waals surface area contributed by atoms with Gasteiger partial charge in [0, 0.05) is 6.42 Å². The average Bonchev–Trinajstić information content (AvgIpc) is 1.84. The van der Waals surface area contributed by atoms with Crippen molar-refractivity contribution in [3.63, 3.8) is 0 Å². The fourth-order valence-electron chi connectivity index (χ4n) is 0.508. The Morgan fingerprint density at radius 2 is 2.00 bits per heavy atom. The zero-order chi connectivity index (χ0) is 9.02. The second-order valence-electron chi connectivity index (χ2n) is 2.12. The van der Waals surface area contributed by atoms with Crippen molar-refractivity contribution in [1.82, 2.24) is 0 Å². The van der Waals surface area contributed by atoms with Gasteiger partial charge in [-0.25, -0.2) is 0 Å². The van der Waals surface area contributed by atoms with E-state index in [2.05, 4.69) is 6.58 Å². The van der Waals surface area contributed by atoms with Crippen LogP contribution in [-0.2, 0) is 9.59 Å². The van der Waals surface area contributed by atoms with Crippen LogP contribution in [0.2, 0.25) is 0 Å². The molecule has 0 heterocycles. The highest BCUT2D eigenvalue weighted by atomic mass is 16.4. The summed E-state index contributed by atoms with van der Waals surface area (Å²) in [5.74, 6) is -1.84. The lowest BCUT2D eigenvalue weighted by atomic mass is 10.1. The third-order valence-electron chi connectivity index (χ3n) is 1.11. The van der Waals surface area contributed by atoms with Gasteiger partial charge < -0.3 is 16.6 Å². The predicted molar refractivity (Wildman–Crippen MR) is 38.6 cm³/mol. The lowest BCUT2D eigenvalue weighted by Crippen LogP contribution is -2.33. The highest BCUT2D eigenvalue weighted by Crippen LogP contribution is 2.01. The Morgan fingerprint density at radius 3 is 2.27 bits per heavy atom. The van der Waals surface area contributed by atoms with E-state index in [1.807, 2.05) is 0 Å². The molecule has 0 aliphatic rings. The summed E-state index contributed by atoms with van der Waals surface area (Å²) in [6.45, 7) is 3.31. The molecule has 0 aromatic rings. The molecule has 5 nitrogen and oxygen atoms in total. The summed E-state index contributed by atoms with van der Waals surface area (Å²) in [4.78, 5) is 20.4. The van der Waals surface area contributed by atoms with E-state index >= 15 is 0 Å². The van der Waals surface area contributed by atoms with E-state index in [0.29, 0.717) is 0 Å². The number of amides is 1. The van der Waals surface area contributed by atoms with Crippen LogP contribution >= 0.6 is 0 Å². The number of carbonyl (C=O) groups excluding carboxylic acids is 1. The first-order chi connectivity index (χ1) is 4.95. The highest BCUT2D eigenvalue weighted by Gasteiger charge is 2.16. The van der Waals surface area contributed by atoms with E-state index in [4.69, 9.17) is 16.6 Å². The van der Waals surface area contributed by atoms with Crippen molar-refractivity contribution in [1.29, 1.82) is 0 Å². The minimum atomic E-state index is -1.21. The number of rotatable bonds is 4. The first kappa shape index (κ1) is 9.64. The molecule has 5 heteroatoms. The Labute approximate surface area is 63.7 Å². The van der Waals surface area contributed by atoms with Crippen LogP contribution < -0.4 is 11.5 Å². The number of carboxylic acid groups (broad SMARTS) is 1. The van der Waals surface area contributed by atoms with Crippen LogP contribution in [0.15, 0.2) is 12.2 Å². The molecule has 1 amide bonds. The van der Waals surface area contributed by atoms with Crippen LogP contribution in [0.4, 0.5) is 0 Å². The van der Waals surface area contributed by atoms with Gasteiger partial charge in [-0.3, -0.25) is 9.59 Å². The Morgan fingerprint density at radius 1 is 1.55 bits per heavy atom. The van der Waals surface area contributed by atoms with Gasteiger partial charge in [0.25, 0.3) is 0 Å². The number of nitrogens with two attached hydrogens (primary N) is 2. The second-order valence-corrected chi connectivity index (χ2v) is 2.12. The monoisotopic (exact) mass is 158 g/mol. The number of carbonyl (C=O) groups is 2. The molecule has 0 rings (SSSR count). The summed E-state index contributed by atoms with van der Waals surface area (Å²) in [7, 11) is 0. The maximum atomic E-state index is 10.2. The SMILES string of the molecule is C=C(CC(N)=O)C(N)C(=O)O. The molecule has 0 aliphatic heterocycles. The van der Waals surface area contributed by atoms with Gasteiger partial charge in [0.15, 0.2) is 0 Å². The molecule has 62 valence electrons. The standard InChI is InChI=1S/C6H10N2O3/c1-3(2-4(7)9)5(8)6(10)11/h5H,1-2,8H2,(H2,7,9)(H,10,11). The fourth-order valence-corrected chi connectivity index (χ4v) is 0.508. The zero-order valence-corrected chi connectivity index (χ0v) is 5.91. The molecule has 0 saturated carbocycles. The highest BCUT2D eigenvalue weighted by molar-refractivity contribution is 5.82. The largest absolute Gasteiger partial charge is 0.480 e. The van der Waals surface area contributed by atoms with Gasteiger partial charge in [-0.05, 0) is 5.57 Å².